The molecule has 14 heavy (non-hydrogen) atoms. The summed E-state index contributed by atoms with van der Waals surface area (Å²) in [4.78, 5) is 10.4. The second-order valence-electron chi connectivity index (χ2n) is 3.33. The largest absolute Gasteiger partial charge is 0.396 e. The van der Waals surface area contributed by atoms with Gasteiger partial charge in [-0.25, -0.2) is 0 Å². The summed E-state index contributed by atoms with van der Waals surface area (Å²) in [5, 5.41) is 0. The Morgan fingerprint density at radius 2 is 2.07 bits per heavy atom. The van der Waals surface area contributed by atoms with Crippen LogP contribution in [0.5, 0.6) is 0 Å². The van der Waals surface area contributed by atoms with Gasteiger partial charge in [-0.2, -0.15) is 0 Å². The lowest BCUT2D eigenvalue weighted by atomic mass is 10.2. The standard InChI is InChI=1S/C10H12N4/c1-14(2)10-7(11)6-13-8-4-3-5-12-9(8)10/h3-6H,11H2,1-2H3. The zero-order valence-electron chi connectivity index (χ0n) is 8.23. The van der Waals surface area contributed by atoms with Gasteiger partial charge in [-0.3, -0.25) is 9.97 Å². The van der Waals surface area contributed by atoms with Crippen LogP contribution >= 0.6 is 0 Å². The lowest BCUT2D eigenvalue weighted by molar-refractivity contribution is 1.13. The molecule has 0 aromatic carbocycles. The molecule has 4 nitrogen and oxygen atoms in total. The van der Waals surface area contributed by atoms with E-state index in [-0.39, 0.29) is 0 Å². The van der Waals surface area contributed by atoms with E-state index in [1.54, 1.807) is 12.4 Å². The van der Waals surface area contributed by atoms with E-state index in [1.807, 2.05) is 31.1 Å². The minimum Gasteiger partial charge on any atom is -0.396 e. The Kier molecular flexibility index (Phi) is 1.96. The van der Waals surface area contributed by atoms with Crippen molar-refractivity contribution in [3.8, 4) is 0 Å². The highest BCUT2D eigenvalue weighted by molar-refractivity contribution is 5.93. The molecule has 0 fully saturated rings. The average molecular weight is 188 g/mol. The molecule has 2 aromatic rings. The number of hydrogen-bond donors (Lipinski definition) is 1. The number of rotatable bonds is 1. The maximum Gasteiger partial charge on any atom is 0.114 e. The predicted molar refractivity (Wildman–Crippen MR) is 58.3 cm³/mol. The third-order valence-corrected chi connectivity index (χ3v) is 2.07. The molecule has 0 saturated heterocycles. The molecule has 0 bridgehead atoms. The molecular formula is C10H12N4. The van der Waals surface area contributed by atoms with Gasteiger partial charge in [-0.05, 0) is 12.1 Å². The third-order valence-electron chi connectivity index (χ3n) is 2.07. The Hall–Kier alpha value is -1.84. The zero-order chi connectivity index (χ0) is 10.1. The molecule has 2 aromatic heterocycles. The molecule has 72 valence electrons. The molecule has 2 N–H and O–H groups in total. The van der Waals surface area contributed by atoms with Crippen LogP contribution in [0.1, 0.15) is 0 Å². The molecular weight excluding hydrogens is 176 g/mol. The molecule has 2 rings (SSSR count). The van der Waals surface area contributed by atoms with Crippen LogP contribution in [-0.2, 0) is 0 Å². The van der Waals surface area contributed by atoms with Crippen molar-refractivity contribution in [2.24, 2.45) is 0 Å². The number of anilines is 2. The van der Waals surface area contributed by atoms with Crippen LogP contribution in [0.25, 0.3) is 11.0 Å². The van der Waals surface area contributed by atoms with Crippen LogP contribution in [0.3, 0.4) is 0 Å². The van der Waals surface area contributed by atoms with Gasteiger partial charge in [0, 0.05) is 20.3 Å². The van der Waals surface area contributed by atoms with Gasteiger partial charge in [0.2, 0.25) is 0 Å². The number of nitrogen functional groups attached to an aromatic ring is 1. The van der Waals surface area contributed by atoms with E-state index in [0.29, 0.717) is 5.69 Å². The van der Waals surface area contributed by atoms with Gasteiger partial charge in [0.1, 0.15) is 5.52 Å². The number of aromatic nitrogens is 2. The molecule has 0 saturated carbocycles. The molecule has 4 heteroatoms. The highest BCUT2D eigenvalue weighted by Gasteiger charge is 2.08. The summed E-state index contributed by atoms with van der Waals surface area (Å²) in [5.74, 6) is 0. The lowest BCUT2D eigenvalue weighted by Gasteiger charge is -2.16. The van der Waals surface area contributed by atoms with Crippen LogP contribution < -0.4 is 10.6 Å². The van der Waals surface area contributed by atoms with E-state index in [0.717, 1.165) is 16.7 Å². The van der Waals surface area contributed by atoms with E-state index in [4.69, 9.17) is 5.73 Å². The van der Waals surface area contributed by atoms with Crippen LogP contribution in [-0.4, -0.2) is 24.1 Å². The van der Waals surface area contributed by atoms with Gasteiger partial charge in [0.25, 0.3) is 0 Å². The van der Waals surface area contributed by atoms with Gasteiger partial charge >= 0.3 is 0 Å². The molecule has 0 aliphatic carbocycles. The van der Waals surface area contributed by atoms with E-state index < -0.39 is 0 Å². The quantitative estimate of drug-likeness (QED) is 0.732. The van der Waals surface area contributed by atoms with Crippen molar-refractivity contribution in [3.63, 3.8) is 0 Å². The van der Waals surface area contributed by atoms with Gasteiger partial charge in [0.05, 0.1) is 23.1 Å². The Balaban J connectivity index is 2.83. The highest BCUT2D eigenvalue weighted by Crippen LogP contribution is 2.27. The van der Waals surface area contributed by atoms with Crippen molar-refractivity contribution in [2.75, 3.05) is 24.7 Å². The second kappa shape index (κ2) is 3.14. The molecule has 0 unspecified atom stereocenters. The van der Waals surface area contributed by atoms with Gasteiger partial charge in [-0.1, -0.05) is 0 Å². The summed E-state index contributed by atoms with van der Waals surface area (Å²) in [7, 11) is 3.89. The third kappa shape index (κ3) is 1.25. The van der Waals surface area contributed by atoms with Gasteiger partial charge in [-0.15, -0.1) is 0 Å². The molecule has 0 radical (unpaired) electrons. The summed E-state index contributed by atoms with van der Waals surface area (Å²) in [6.07, 6.45) is 3.41. The van der Waals surface area contributed by atoms with Crippen molar-refractivity contribution < 1.29 is 0 Å². The predicted octanol–water partition coefficient (Wildman–Crippen LogP) is 1.28. The number of hydrogen-bond acceptors (Lipinski definition) is 4. The number of nitrogens with two attached hydrogens (primary N) is 1. The molecule has 0 aliphatic rings. The smallest absolute Gasteiger partial charge is 0.114 e. The maximum absolute atomic E-state index is 5.84. The fourth-order valence-electron chi connectivity index (χ4n) is 1.49. The maximum atomic E-state index is 5.84. The van der Waals surface area contributed by atoms with Crippen LogP contribution in [0, 0.1) is 0 Å². The highest BCUT2D eigenvalue weighted by atomic mass is 15.1. The number of nitrogens with zero attached hydrogens (tertiary/aromatic N) is 3. The SMILES string of the molecule is CN(C)c1c(N)cnc2cccnc12. The number of fused-ring (bicyclic) bond motifs is 1. The van der Waals surface area contributed by atoms with Crippen molar-refractivity contribution in [2.45, 2.75) is 0 Å². The Labute approximate surface area is 82.4 Å². The molecule has 0 amide bonds. The topological polar surface area (TPSA) is 55.0 Å². The first-order chi connectivity index (χ1) is 6.70. The van der Waals surface area contributed by atoms with E-state index >= 15 is 0 Å². The van der Waals surface area contributed by atoms with E-state index in [2.05, 4.69) is 9.97 Å². The van der Waals surface area contributed by atoms with Gasteiger partial charge < -0.3 is 10.6 Å². The Bertz CT molecular complexity index is 465. The number of pyridine rings is 2. The molecule has 0 spiro atoms. The zero-order valence-corrected chi connectivity index (χ0v) is 8.23. The summed E-state index contributed by atoms with van der Waals surface area (Å²) in [5.41, 5.74) is 9.13. The van der Waals surface area contributed by atoms with Crippen molar-refractivity contribution in [1.82, 2.24) is 9.97 Å². The summed E-state index contributed by atoms with van der Waals surface area (Å²) >= 11 is 0. The van der Waals surface area contributed by atoms with Crippen LogP contribution in [0.15, 0.2) is 24.5 Å². The summed E-state index contributed by atoms with van der Waals surface area (Å²) < 4.78 is 0. The van der Waals surface area contributed by atoms with Crippen LogP contribution in [0.2, 0.25) is 0 Å². The molecule has 0 atom stereocenters. The second-order valence-corrected chi connectivity index (χ2v) is 3.33. The fourth-order valence-corrected chi connectivity index (χ4v) is 1.49. The first-order valence-electron chi connectivity index (χ1n) is 4.36. The first-order valence-corrected chi connectivity index (χ1v) is 4.36. The average Bonchev–Trinajstić information content (AvgIpc) is 2.17. The van der Waals surface area contributed by atoms with E-state index in [1.165, 1.54) is 0 Å². The minimum absolute atomic E-state index is 0.654. The summed E-state index contributed by atoms with van der Waals surface area (Å²) in [6, 6.07) is 3.79. The van der Waals surface area contributed by atoms with Crippen molar-refractivity contribution in [1.29, 1.82) is 0 Å². The van der Waals surface area contributed by atoms with E-state index in [9.17, 15) is 0 Å². The molecule has 2 heterocycles. The van der Waals surface area contributed by atoms with Gasteiger partial charge in [0.15, 0.2) is 0 Å². The van der Waals surface area contributed by atoms with Crippen molar-refractivity contribution in [3.05, 3.63) is 24.5 Å². The Morgan fingerprint density at radius 1 is 1.29 bits per heavy atom. The molecule has 0 aliphatic heterocycles. The monoisotopic (exact) mass is 188 g/mol. The normalized spacial score (nSPS) is 10.4. The fraction of sp³-hybridized carbons (Fsp3) is 0.200. The lowest BCUT2D eigenvalue weighted by Crippen LogP contribution is -2.12. The first kappa shape index (κ1) is 8.74. The summed E-state index contributed by atoms with van der Waals surface area (Å²) in [6.45, 7) is 0. The van der Waals surface area contributed by atoms with Crippen LogP contribution in [0.4, 0.5) is 11.4 Å². The minimum atomic E-state index is 0.654. The van der Waals surface area contributed by atoms with Crippen molar-refractivity contribution >= 4 is 22.4 Å². The Morgan fingerprint density at radius 3 is 2.79 bits per heavy atom.